The molecule has 1 heterocycles. The maximum absolute atomic E-state index is 13.9. The summed E-state index contributed by atoms with van der Waals surface area (Å²) in [6, 6.07) is 23.0. The minimum atomic E-state index is -0.931. The number of ether oxygens (including phenoxy) is 1. The molecule has 2 bridgehead atoms. The van der Waals surface area contributed by atoms with Gasteiger partial charge in [-0.3, -0.25) is 9.59 Å². The molecular weight excluding hydrogens is 402 g/mol. The molecule has 1 fully saturated rings. The Morgan fingerprint density at radius 3 is 2.03 bits per heavy atom. The molecule has 4 aliphatic rings. The zero-order valence-corrected chi connectivity index (χ0v) is 17.7. The van der Waals surface area contributed by atoms with E-state index in [2.05, 4.69) is 0 Å². The first-order valence-corrected chi connectivity index (χ1v) is 11.0. The lowest BCUT2D eigenvalue weighted by Gasteiger charge is -2.53. The molecule has 3 aliphatic carbocycles. The number of rotatable bonds is 4. The molecule has 0 radical (unpaired) electrons. The molecule has 2 amide bonds. The average molecular weight is 425 g/mol. The summed E-state index contributed by atoms with van der Waals surface area (Å²) in [6.45, 7) is 2.22. The minimum absolute atomic E-state index is 0.198. The standard InChI is InChI=1S/C27H23NO4/c1-2-32-17-13-11-16(12-14-17)28-25(30)23-22-18-7-3-5-9-20(18)27(15-29,24(23)26(28)31)21-10-6-4-8-19(21)22/h3-14,22-24,29H,2,15H2,1H3/t22?,23-,24-,27?/m0/s1. The van der Waals surface area contributed by atoms with E-state index in [4.69, 9.17) is 4.74 Å². The van der Waals surface area contributed by atoms with Crippen LogP contribution in [0.5, 0.6) is 5.75 Å². The Kier molecular flexibility index (Phi) is 4.08. The van der Waals surface area contributed by atoms with Crippen molar-refractivity contribution in [3.05, 3.63) is 95.1 Å². The molecule has 0 unspecified atom stereocenters. The van der Waals surface area contributed by atoms with Crippen LogP contribution in [-0.4, -0.2) is 30.1 Å². The fraction of sp³-hybridized carbons (Fsp3) is 0.259. The van der Waals surface area contributed by atoms with E-state index in [1.807, 2.05) is 55.5 Å². The van der Waals surface area contributed by atoms with Gasteiger partial charge in [0.05, 0.1) is 36.2 Å². The van der Waals surface area contributed by atoms with E-state index in [1.165, 1.54) is 4.90 Å². The number of aliphatic hydroxyl groups excluding tert-OH is 1. The topological polar surface area (TPSA) is 66.8 Å². The highest BCUT2D eigenvalue weighted by Gasteiger charge is 2.68. The van der Waals surface area contributed by atoms with Gasteiger partial charge in [0.15, 0.2) is 0 Å². The molecule has 2 atom stereocenters. The summed E-state index contributed by atoms with van der Waals surface area (Å²) in [7, 11) is 0. The largest absolute Gasteiger partial charge is 0.494 e. The van der Waals surface area contributed by atoms with E-state index in [9.17, 15) is 14.7 Å². The summed E-state index contributed by atoms with van der Waals surface area (Å²) in [4.78, 5) is 29.0. The van der Waals surface area contributed by atoms with Crippen LogP contribution in [0.2, 0.25) is 0 Å². The third-order valence-corrected chi connectivity index (χ3v) is 7.45. The Morgan fingerprint density at radius 2 is 1.47 bits per heavy atom. The molecule has 3 aromatic carbocycles. The number of carbonyl (C=O) groups excluding carboxylic acids is 2. The predicted octanol–water partition coefficient (Wildman–Crippen LogP) is 3.63. The summed E-state index contributed by atoms with van der Waals surface area (Å²) in [6.07, 6.45) is 0. The first-order valence-electron chi connectivity index (χ1n) is 11.0. The molecule has 3 aromatic rings. The molecule has 160 valence electrons. The average Bonchev–Trinajstić information content (AvgIpc) is 3.11. The van der Waals surface area contributed by atoms with E-state index in [0.717, 1.165) is 22.3 Å². The lowest BCUT2D eigenvalue weighted by atomic mass is 9.47. The lowest BCUT2D eigenvalue weighted by Crippen LogP contribution is -2.55. The number of aliphatic hydroxyl groups is 1. The number of carbonyl (C=O) groups is 2. The fourth-order valence-electron chi connectivity index (χ4n) is 6.31. The van der Waals surface area contributed by atoms with Crippen molar-refractivity contribution in [1.82, 2.24) is 0 Å². The predicted molar refractivity (Wildman–Crippen MR) is 120 cm³/mol. The molecule has 0 saturated carbocycles. The summed E-state index contributed by atoms with van der Waals surface area (Å²) in [5, 5.41) is 10.9. The molecular formula is C27H23NO4. The van der Waals surface area contributed by atoms with E-state index < -0.39 is 17.3 Å². The summed E-state index contributed by atoms with van der Waals surface area (Å²) >= 11 is 0. The minimum Gasteiger partial charge on any atom is -0.494 e. The monoisotopic (exact) mass is 425 g/mol. The van der Waals surface area contributed by atoms with Crippen molar-refractivity contribution in [2.45, 2.75) is 18.3 Å². The molecule has 32 heavy (non-hydrogen) atoms. The van der Waals surface area contributed by atoms with Crippen molar-refractivity contribution in [3.63, 3.8) is 0 Å². The number of nitrogens with zero attached hydrogens (tertiary/aromatic N) is 1. The molecule has 5 nitrogen and oxygen atoms in total. The van der Waals surface area contributed by atoms with Gasteiger partial charge in [0.25, 0.3) is 0 Å². The van der Waals surface area contributed by atoms with Crippen molar-refractivity contribution in [2.75, 3.05) is 18.1 Å². The second-order valence-electron chi connectivity index (χ2n) is 8.72. The van der Waals surface area contributed by atoms with Crippen molar-refractivity contribution in [3.8, 4) is 5.75 Å². The van der Waals surface area contributed by atoms with Crippen molar-refractivity contribution >= 4 is 17.5 Å². The SMILES string of the molecule is CCOc1ccc(N2C(=O)[C@@H]3[C@@H](C2=O)C2c4ccccc4C3(CO)c3ccccc32)cc1. The van der Waals surface area contributed by atoms with Gasteiger partial charge in [-0.25, -0.2) is 4.90 Å². The number of anilines is 1. The molecule has 1 aliphatic heterocycles. The van der Waals surface area contributed by atoms with Crippen LogP contribution in [0.3, 0.4) is 0 Å². The van der Waals surface area contributed by atoms with E-state index in [1.54, 1.807) is 24.3 Å². The van der Waals surface area contributed by atoms with Crippen LogP contribution < -0.4 is 9.64 Å². The van der Waals surface area contributed by atoms with Gasteiger partial charge in [-0.05, 0) is 53.4 Å². The third-order valence-electron chi connectivity index (χ3n) is 7.45. The van der Waals surface area contributed by atoms with Gasteiger partial charge < -0.3 is 9.84 Å². The van der Waals surface area contributed by atoms with E-state index >= 15 is 0 Å². The molecule has 5 heteroatoms. The zero-order valence-electron chi connectivity index (χ0n) is 17.7. The van der Waals surface area contributed by atoms with Gasteiger partial charge in [-0.1, -0.05) is 48.5 Å². The molecule has 7 rings (SSSR count). The second kappa shape index (κ2) is 6.78. The van der Waals surface area contributed by atoms with E-state index in [-0.39, 0.29) is 24.3 Å². The maximum atomic E-state index is 13.9. The van der Waals surface area contributed by atoms with Gasteiger partial charge in [0, 0.05) is 5.92 Å². The highest BCUT2D eigenvalue weighted by atomic mass is 16.5. The highest BCUT2D eigenvalue weighted by molar-refractivity contribution is 6.23. The highest BCUT2D eigenvalue weighted by Crippen LogP contribution is 2.64. The Bertz CT molecular complexity index is 1200. The summed E-state index contributed by atoms with van der Waals surface area (Å²) in [5.74, 6) is -1.12. The lowest BCUT2D eigenvalue weighted by molar-refractivity contribution is -0.124. The third kappa shape index (κ3) is 2.21. The molecule has 1 saturated heterocycles. The number of amides is 2. The Hall–Kier alpha value is -3.44. The quantitative estimate of drug-likeness (QED) is 0.649. The normalized spacial score (nSPS) is 27.2. The van der Waals surface area contributed by atoms with Crippen LogP contribution >= 0.6 is 0 Å². The molecule has 1 N–H and O–H groups in total. The van der Waals surface area contributed by atoms with Crippen molar-refractivity contribution in [1.29, 1.82) is 0 Å². The summed E-state index contributed by atoms with van der Waals surface area (Å²) in [5.41, 5.74) is 3.61. The van der Waals surface area contributed by atoms with Gasteiger partial charge >= 0.3 is 0 Å². The number of imide groups is 1. The van der Waals surface area contributed by atoms with Crippen LogP contribution in [0.25, 0.3) is 0 Å². The van der Waals surface area contributed by atoms with Crippen molar-refractivity contribution < 1.29 is 19.4 Å². The first-order chi connectivity index (χ1) is 15.6. The van der Waals surface area contributed by atoms with Crippen LogP contribution in [0.1, 0.15) is 35.1 Å². The smallest absolute Gasteiger partial charge is 0.239 e. The van der Waals surface area contributed by atoms with E-state index in [0.29, 0.717) is 18.0 Å². The second-order valence-corrected chi connectivity index (χ2v) is 8.72. The van der Waals surface area contributed by atoms with Gasteiger partial charge in [0.2, 0.25) is 11.8 Å². The van der Waals surface area contributed by atoms with Gasteiger partial charge in [-0.15, -0.1) is 0 Å². The van der Waals surface area contributed by atoms with Crippen LogP contribution in [0.15, 0.2) is 72.8 Å². The molecule has 0 aromatic heterocycles. The zero-order chi connectivity index (χ0) is 22.0. The number of hydrogen-bond donors (Lipinski definition) is 1. The molecule has 0 spiro atoms. The first kappa shape index (κ1) is 19.3. The van der Waals surface area contributed by atoms with Crippen LogP contribution in [0.4, 0.5) is 5.69 Å². The Balaban J connectivity index is 1.55. The van der Waals surface area contributed by atoms with Gasteiger partial charge in [0.1, 0.15) is 5.75 Å². The Labute approximate surface area is 186 Å². The van der Waals surface area contributed by atoms with Crippen LogP contribution in [0, 0.1) is 11.8 Å². The van der Waals surface area contributed by atoms with Crippen molar-refractivity contribution in [2.24, 2.45) is 11.8 Å². The van der Waals surface area contributed by atoms with Gasteiger partial charge in [-0.2, -0.15) is 0 Å². The number of hydrogen-bond acceptors (Lipinski definition) is 4. The summed E-state index contributed by atoms with van der Waals surface area (Å²) < 4.78 is 5.51. The van der Waals surface area contributed by atoms with Crippen LogP contribution in [-0.2, 0) is 15.0 Å². The fourth-order valence-corrected chi connectivity index (χ4v) is 6.31. The Morgan fingerprint density at radius 1 is 0.875 bits per heavy atom. The maximum Gasteiger partial charge on any atom is 0.239 e. The number of benzene rings is 3.